The Morgan fingerprint density at radius 2 is 2.05 bits per heavy atom. The highest BCUT2D eigenvalue weighted by Gasteiger charge is 2.26. The lowest BCUT2D eigenvalue weighted by atomic mass is 9.86. The highest BCUT2D eigenvalue weighted by atomic mass is 16.5. The van der Waals surface area contributed by atoms with Crippen LogP contribution in [0.25, 0.3) is 0 Å². The second kappa shape index (κ2) is 6.57. The molecule has 0 fully saturated rings. The molecule has 1 aliphatic heterocycles. The average Bonchev–Trinajstić information content (AvgIpc) is 2.53. The van der Waals surface area contributed by atoms with E-state index in [0.29, 0.717) is 0 Å². The van der Waals surface area contributed by atoms with Gasteiger partial charge in [-0.2, -0.15) is 0 Å². The van der Waals surface area contributed by atoms with Gasteiger partial charge in [-0.15, -0.1) is 0 Å². The summed E-state index contributed by atoms with van der Waals surface area (Å²) >= 11 is 0. The zero-order chi connectivity index (χ0) is 16.2. The van der Waals surface area contributed by atoms with Crippen LogP contribution in [0.2, 0.25) is 0 Å². The molecule has 2 aliphatic rings. The van der Waals surface area contributed by atoms with Crippen LogP contribution < -0.4 is 10.6 Å². The largest absolute Gasteiger partial charge is 0.469 e. The fourth-order valence-electron chi connectivity index (χ4n) is 2.74. The first kappa shape index (κ1) is 16.6. The zero-order valence-corrected chi connectivity index (χ0v) is 14.4. The normalized spacial score (nSPS) is 25.4. The smallest absolute Gasteiger partial charge is 0.112 e. The number of likely N-dealkylation sites (N-methyl/N-ethyl adjacent to an activating group) is 2. The molecule has 3 heteroatoms. The van der Waals surface area contributed by atoms with Crippen molar-refractivity contribution in [3.8, 4) is 0 Å². The molecule has 0 spiro atoms. The van der Waals surface area contributed by atoms with Gasteiger partial charge in [-0.25, -0.2) is 0 Å². The fraction of sp³-hybridized carbons (Fsp3) is 0.474. The molecule has 120 valence electrons. The predicted octanol–water partition coefficient (Wildman–Crippen LogP) is 3.80. The molecule has 0 aromatic heterocycles. The maximum Gasteiger partial charge on any atom is 0.112 e. The van der Waals surface area contributed by atoms with Crippen LogP contribution in [0, 0.1) is 5.41 Å². The maximum atomic E-state index is 5.78. The van der Waals surface area contributed by atoms with E-state index < -0.39 is 0 Å². The van der Waals surface area contributed by atoms with Gasteiger partial charge in [0.2, 0.25) is 0 Å². The van der Waals surface area contributed by atoms with Crippen molar-refractivity contribution in [3.63, 3.8) is 0 Å². The Labute approximate surface area is 134 Å². The Morgan fingerprint density at radius 3 is 2.59 bits per heavy atom. The van der Waals surface area contributed by atoms with E-state index in [1.165, 1.54) is 5.57 Å². The Morgan fingerprint density at radius 1 is 1.27 bits per heavy atom. The summed E-state index contributed by atoms with van der Waals surface area (Å²) in [5.74, 6) is 1.06. The van der Waals surface area contributed by atoms with Gasteiger partial charge in [-0.1, -0.05) is 45.1 Å². The molecule has 2 N–H and O–H groups in total. The van der Waals surface area contributed by atoms with E-state index >= 15 is 0 Å². The molecule has 1 unspecified atom stereocenters. The van der Waals surface area contributed by atoms with Crippen LogP contribution in [0.15, 0.2) is 59.7 Å². The highest BCUT2D eigenvalue weighted by Crippen LogP contribution is 2.34. The molecule has 0 radical (unpaired) electrons. The molecule has 0 amide bonds. The highest BCUT2D eigenvalue weighted by molar-refractivity contribution is 5.37. The predicted molar refractivity (Wildman–Crippen MR) is 93.2 cm³/mol. The van der Waals surface area contributed by atoms with Crippen LogP contribution in [0.4, 0.5) is 0 Å². The van der Waals surface area contributed by atoms with Gasteiger partial charge >= 0.3 is 0 Å². The first-order valence-electron chi connectivity index (χ1n) is 7.91. The fourth-order valence-corrected chi connectivity index (χ4v) is 2.74. The number of allylic oxidation sites excluding steroid dienone is 5. The van der Waals surface area contributed by atoms with Gasteiger partial charge in [-0.05, 0) is 37.6 Å². The van der Waals surface area contributed by atoms with Gasteiger partial charge in [-0.3, -0.25) is 0 Å². The van der Waals surface area contributed by atoms with Crippen LogP contribution in [-0.4, -0.2) is 19.6 Å². The Balaban J connectivity index is 2.24. The van der Waals surface area contributed by atoms with Gasteiger partial charge in [0.15, 0.2) is 0 Å². The first-order valence-corrected chi connectivity index (χ1v) is 7.91. The van der Waals surface area contributed by atoms with E-state index in [1.54, 1.807) is 6.26 Å². The number of hydrogen-bond donors (Lipinski definition) is 2. The number of ether oxygens (including phenoxy) is 1. The van der Waals surface area contributed by atoms with Crippen molar-refractivity contribution in [2.45, 2.75) is 39.2 Å². The van der Waals surface area contributed by atoms with E-state index in [9.17, 15) is 0 Å². The second-order valence-electron chi connectivity index (χ2n) is 6.87. The third kappa shape index (κ3) is 3.72. The Bertz CT molecular complexity index is 558. The van der Waals surface area contributed by atoms with Crippen LogP contribution in [0.5, 0.6) is 0 Å². The molecule has 0 aromatic rings. The van der Waals surface area contributed by atoms with Crippen molar-refractivity contribution in [3.05, 3.63) is 59.7 Å². The minimum atomic E-state index is -0.127. The monoisotopic (exact) mass is 300 g/mol. The summed E-state index contributed by atoms with van der Waals surface area (Å²) in [4.78, 5) is 0. The topological polar surface area (TPSA) is 33.3 Å². The summed E-state index contributed by atoms with van der Waals surface area (Å²) < 4.78 is 5.78. The van der Waals surface area contributed by atoms with Gasteiger partial charge < -0.3 is 15.4 Å². The lowest BCUT2D eigenvalue weighted by Crippen LogP contribution is -2.40. The molecule has 3 nitrogen and oxygen atoms in total. The number of rotatable bonds is 4. The molecule has 1 aliphatic carbocycles. The minimum Gasteiger partial charge on any atom is -0.469 e. The molecule has 2 rings (SSSR count). The van der Waals surface area contributed by atoms with Crippen molar-refractivity contribution >= 4 is 0 Å². The Kier molecular flexibility index (Phi) is 4.97. The first-order chi connectivity index (χ1) is 10.4. The molecule has 0 saturated carbocycles. The molecule has 0 bridgehead atoms. The third-order valence-corrected chi connectivity index (χ3v) is 4.15. The van der Waals surface area contributed by atoms with E-state index in [0.717, 1.165) is 24.3 Å². The third-order valence-electron chi connectivity index (χ3n) is 4.15. The SMILES string of the molecule is CNC1=CCC(C=CC2=C(C(C)(C)C)OC=CC2)(NC)C=C1. The van der Waals surface area contributed by atoms with E-state index in [1.807, 2.05) is 14.1 Å². The zero-order valence-electron chi connectivity index (χ0n) is 14.4. The van der Waals surface area contributed by atoms with Crippen LogP contribution in [0.3, 0.4) is 0 Å². The van der Waals surface area contributed by atoms with Gasteiger partial charge in [0, 0.05) is 18.2 Å². The number of nitrogens with one attached hydrogen (secondary N) is 2. The van der Waals surface area contributed by atoms with E-state index in [4.69, 9.17) is 4.74 Å². The average molecular weight is 300 g/mol. The second-order valence-corrected chi connectivity index (χ2v) is 6.87. The quantitative estimate of drug-likeness (QED) is 0.828. The molecule has 22 heavy (non-hydrogen) atoms. The van der Waals surface area contributed by atoms with Gasteiger partial charge in [0.05, 0.1) is 11.8 Å². The van der Waals surface area contributed by atoms with Gasteiger partial charge in [0.1, 0.15) is 5.76 Å². The van der Waals surface area contributed by atoms with Gasteiger partial charge in [0.25, 0.3) is 0 Å². The standard InChI is InChI=1S/C19H28N2O/c1-18(2,3)17-15(7-6-14-22-17)8-11-19(21-5)12-9-16(20-4)10-13-19/h6,8-12,14,20-21H,7,13H2,1-5H3. The summed E-state index contributed by atoms with van der Waals surface area (Å²) in [6.45, 7) is 6.56. The number of hydrogen-bond acceptors (Lipinski definition) is 3. The van der Waals surface area contributed by atoms with Crippen LogP contribution in [-0.2, 0) is 4.74 Å². The lowest BCUT2D eigenvalue weighted by molar-refractivity contribution is 0.235. The molecule has 0 aromatic carbocycles. The van der Waals surface area contributed by atoms with Crippen molar-refractivity contribution in [2.24, 2.45) is 5.41 Å². The van der Waals surface area contributed by atoms with E-state index in [2.05, 4.69) is 67.9 Å². The molecule has 1 heterocycles. The van der Waals surface area contributed by atoms with Crippen molar-refractivity contribution < 1.29 is 4.74 Å². The molecular weight excluding hydrogens is 272 g/mol. The molecular formula is C19H28N2O. The van der Waals surface area contributed by atoms with Crippen molar-refractivity contribution in [1.82, 2.24) is 10.6 Å². The summed E-state index contributed by atoms with van der Waals surface area (Å²) in [6, 6.07) is 0. The summed E-state index contributed by atoms with van der Waals surface area (Å²) in [6.07, 6.45) is 16.7. The van der Waals surface area contributed by atoms with Crippen LogP contribution in [0.1, 0.15) is 33.6 Å². The summed E-state index contributed by atoms with van der Waals surface area (Å²) in [5.41, 5.74) is 2.30. The lowest BCUT2D eigenvalue weighted by Gasteiger charge is -2.30. The maximum absolute atomic E-state index is 5.78. The molecule has 0 saturated heterocycles. The van der Waals surface area contributed by atoms with E-state index in [-0.39, 0.29) is 11.0 Å². The summed E-state index contributed by atoms with van der Waals surface area (Å²) in [5, 5.41) is 6.61. The van der Waals surface area contributed by atoms with Crippen molar-refractivity contribution in [2.75, 3.05) is 14.1 Å². The van der Waals surface area contributed by atoms with Crippen molar-refractivity contribution in [1.29, 1.82) is 0 Å². The van der Waals surface area contributed by atoms with Crippen LogP contribution >= 0.6 is 0 Å². The Hall–Kier alpha value is -1.74. The summed E-state index contributed by atoms with van der Waals surface area (Å²) in [7, 11) is 3.95. The minimum absolute atomic E-state index is 0.0127. The molecule has 1 atom stereocenters.